The number of benzene rings is 4. The van der Waals surface area contributed by atoms with E-state index < -0.39 is 0 Å². The topological polar surface area (TPSA) is 35.6 Å². The minimum Gasteiger partial charge on any atom is -0.391 e. The van der Waals surface area contributed by atoms with Crippen LogP contribution >= 0.6 is 0 Å². The van der Waals surface area contributed by atoms with Crippen molar-refractivity contribution in [1.29, 1.82) is 0 Å². The van der Waals surface area contributed by atoms with Gasteiger partial charge in [0, 0.05) is 23.8 Å². The second kappa shape index (κ2) is 16.0. The Balaban J connectivity index is 0.000000172. The summed E-state index contributed by atoms with van der Waals surface area (Å²) in [5, 5.41) is 0. The van der Waals surface area contributed by atoms with E-state index in [1.807, 2.05) is 85.5 Å². The first-order valence-corrected chi connectivity index (χ1v) is 16.8. The smallest absolute Gasteiger partial charge is 0.391 e. The van der Waals surface area contributed by atoms with Crippen molar-refractivity contribution in [3.05, 3.63) is 193 Å². The van der Waals surface area contributed by atoms with Crippen LogP contribution in [0.1, 0.15) is 22.3 Å². The molecule has 252 valence electrons. The van der Waals surface area contributed by atoms with E-state index in [0.29, 0.717) is 0 Å². The molecule has 4 heterocycles. The summed E-state index contributed by atoms with van der Waals surface area (Å²) in [5.41, 5.74) is 15.8. The fourth-order valence-electron chi connectivity index (χ4n) is 6.32. The second-order valence-electron chi connectivity index (χ2n) is 12.5. The van der Waals surface area contributed by atoms with Crippen LogP contribution in [0, 0.1) is 39.8 Å². The van der Waals surface area contributed by atoms with Gasteiger partial charge in [0.15, 0.2) is 0 Å². The maximum atomic E-state index is 4.70. The summed E-state index contributed by atoms with van der Waals surface area (Å²) in [5.74, 6) is 0. The van der Waals surface area contributed by atoms with Crippen molar-refractivity contribution in [3.8, 4) is 56.4 Å². The molecule has 0 atom stereocenters. The van der Waals surface area contributed by atoms with E-state index in [1.54, 1.807) is 0 Å². The van der Waals surface area contributed by atoms with Gasteiger partial charge >= 0.3 is 21.1 Å². The first kappa shape index (κ1) is 35.3. The largest absolute Gasteiger partial charge is 2.00 e. The van der Waals surface area contributed by atoms with Gasteiger partial charge in [-0.05, 0) is 109 Å². The zero-order valence-electron chi connectivity index (χ0n) is 29.1. The molecular formula is C46H38N4Pt. The SMILES string of the molecule is Cc1ccc(C)c(-c2cccnc2-c2[c-]ccn2-c2ccccc2)c1.Cc1ccc(C)c(-c2cccnc2-c2[c-]ccn2-c2ccccc2)c1.[Pt+2]. The molecule has 0 aliphatic carbocycles. The van der Waals surface area contributed by atoms with Crippen molar-refractivity contribution >= 4 is 0 Å². The van der Waals surface area contributed by atoms with Crippen molar-refractivity contribution in [1.82, 2.24) is 19.1 Å². The maximum absolute atomic E-state index is 4.70. The van der Waals surface area contributed by atoms with Crippen LogP contribution in [0.5, 0.6) is 0 Å². The Kier molecular flexibility index (Phi) is 11.0. The van der Waals surface area contributed by atoms with Crippen molar-refractivity contribution < 1.29 is 21.1 Å². The molecule has 5 heteroatoms. The molecule has 8 aromatic rings. The molecule has 0 N–H and O–H groups in total. The molecule has 0 fully saturated rings. The summed E-state index contributed by atoms with van der Waals surface area (Å²) >= 11 is 0. The molecule has 0 saturated heterocycles. The Bertz CT molecular complexity index is 2200. The fourth-order valence-corrected chi connectivity index (χ4v) is 6.32. The molecule has 0 aliphatic rings. The monoisotopic (exact) mass is 841 g/mol. The molecule has 8 rings (SSSR count). The normalized spacial score (nSPS) is 10.6. The number of hydrogen-bond acceptors (Lipinski definition) is 2. The van der Waals surface area contributed by atoms with Crippen molar-refractivity contribution in [2.45, 2.75) is 27.7 Å². The summed E-state index contributed by atoms with van der Waals surface area (Å²) in [6.07, 6.45) is 7.76. The number of rotatable bonds is 6. The molecule has 4 aromatic carbocycles. The molecule has 4 nitrogen and oxygen atoms in total. The molecule has 0 aliphatic heterocycles. The summed E-state index contributed by atoms with van der Waals surface area (Å²) in [7, 11) is 0. The molecule has 4 aromatic heterocycles. The second-order valence-corrected chi connectivity index (χ2v) is 12.5. The Morgan fingerprint density at radius 1 is 0.451 bits per heavy atom. The van der Waals surface area contributed by atoms with Gasteiger partial charge in [-0.1, -0.05) is 120 Å². The van der Waals surface area contributed by atoms with E-state index in [0.717, 1.165) is 45.3 Å². The standard InChI is InChI=1S/2C23H19N2.Pt/c2*1-17-12-13-18(2)21(16-17)20-10-6-14-24-23(20)22-11-7-15-25(22)19-8-4-3-5-9-19;/h2*3-10,12-16H,1-2H3;/q2*-1;+2. The van der Waals surface area contributed by atoms with Crippen LogP contribution in [0.25, 0.3) is 56.4 Å². The van der Waals surface area contributed by atoms with Crippen molar-refractivity contribution in [2.75, 3.05) is 0 Å². The van der Waals surface area contributed by atoms with Gasteiger partial charge in [0.1, 0.15) is 0 Å². The predicted molar refractivity (Wildman–Crippen MR) is 205 cm³/mol. The van der Waals surface area contributed by atoms with Crippen LogP contribution in [0.2, 0.25) is 0 Å². The van der Waals surface area contributed by atoms with Gasteiger partial charge in [-0.2, -0.15) is 24.3 Å². The summed E-state index contributed by atoms with van der Waals surface area (Å²) in [4.78, 5) is 9.40. The third-order valence-electron chi connectivity index (χ3n) is 8.87. The summed E-state index contributed by atoms with van der Waals surface area (Å²) < 4.78 is 4.27. The quantitative estimate of drug-likeness (QED) is 0.156. The van der Waals surface area contributed by atoms with E-state index in [9.17, 15) is 0 Å². The van der Waals surface area contributed by atoms with Crippen molar-refractivity contribution in [3.63, 3.8) is 0 Å². The third-order valence-corrected chi connectivity index (χ3v) is 8.87. The van der Waals surface area contributed by atoms with Crippen LogP contribution in [0.4, 0.5) is 0 Å². The zero-order valence-corrected chi connectivity index (χ0v) is 31.4. The number of pyridine rings is 2. The number of nitrogens with zero attached hydrogens (tertiary/aromatic N) is 4. The van der Waals surface area contributed by atoms with E-state index >= 15 is 0 Å². The van der Waals surface area contributed by atoms with Gasteiger partial charge in [-0.25, -0.2) is 0 Å². The van der Waals surface area contributed by atoms with Crippen LogP contribution in [0.15, 0.2) is 158 Å². The number of hydrogen-bond donors (Lipinski definition) is 0. The van der Waals surface area contributed by atoms with E-state index in [4.69, 9.17) is 9.97 Å². The first-order valence-electron chi connectivity index (χ1n) is 16.8. The number of aromatic nitrogens is 4. The Hall–Kier alpha value is -5.57. The average Bonchev–Trinajstić information content (AvgIpc) is 3.86. The molecule has 51 heavy (non-hydrogen) atoms. The predicted octanol–water partition coefficient (Wildman–Crippen LogP) is 11.2. The van der Waals surface area contributed by atoms with Crippen LogP contribution < -0.4 is 0 Å². The Labute approximate surface area is 315 Å². The molecule has 0 spiro atoms. The molecule has 0 unspecified atom stereocenters. The van der Waals surface area contributed by atoms with Gasteiger partial charge in [0.05, 0.1) is 0 Å². The van der Waals surface area contributed by atoms with Crippen molar-refractivity contribution in [2.24, 2.45) is 0 Å². The minimum absolute atomic E-state index is 0. The summed E-state index contributed by atoms with van der Waals surface area (Å²) in [6.45, 7) is 8.53. The van der Waals surface area contributed by atoms with Gasteiger partial charge in [0.25, 0.3) is 0 Å². The van der Waals surface area contributed by atoms with Gasteiger partial charge in [-0.15, -0.1) is 0 Å². The molecule has 0 amide bonds. The fraction of sp³-hybridized carbons (Fsp3) is 0.0870. The molecular weight excluding hydrogens is 804 g/mol. The zero-order chi connectivity index (χ0) is 34.5. The Morgan fingerprint density at radius 2 is 0.863 bits per heavy atom. The van der Waals surface area contributed by atoms with Gasteiger partial charge in [-0.3, -0.25) is 0 Å². The third kappa shape index (κ3) is 7.62. The molecule has 0 saturated carbocycles. The van der Waals surface area contributed by atoms with Gasteiger partial charge < -0.3 is 19.1 Å². The first-order chi connectivity index (χ1) is 24.5. The van der Waals surface area contributed by atoms with E-state index in [1.165, 1.54) is 33.4 Å². The van der Waals surface area contributed by atoms with E-state index in [2.05, 4.69) is 122 Å². The summed E-state index contributed by atoms with van der Waals surface area (Å²) in [6, 6.07) is 52.6. The van der Waals surface area contributed by atoms with Crippen LogP contribution in [0.3, 0.4) is 0 Å². The van der Waals surface area contributed by atoms with Crippen LogP contribution in [-0.4, -0.2) is 19.1 Å². The van der Waals surface area contributed by atoms with Gasteiger partial charge in [0.2, 0.25) is 0 Å². The maximum Gasteiger partial charge on any atom is 2.00 e. The molecule has 0 radical (unpaired) electrons. The number of aryl methyl sites for hydroxylation is 4. The number of para-hydroxylation sites is 2. The molecule has 0 bridgehead atoms. The average molecular weight is 842 g/mol. The van der Waals surface area contributed by atoms with E-state index in [-0.39, 0.29) is 21.1 Å². The minimum atomic E-state index is 0. The van der Waals surface area contributed by atoms with Crippen LogP contribution in [-0.2, 0) is 21.1 Å². The Morgan fingerprint density at radius 3 is 1.27 bits per heavy atom.